The minimum Gasteiger partial charge on any atom is -0.504 e. The molecule has 5 nitrogen and oxygen atoms in total. The first-order valence-corrected chi connectivity index (χ1v) is 5.81. The number of phenolic OH excluding ortho intramolecular Hbond substituents is 4. The third-order valence-corrected chi connectivity index (χ3v) is 3.91. The summed E-state index contributed by atoms with van der Waals surface area (Å²) >= 11 is 0. The van der Waals surface area contributed by atoms with Crippen LogP contribution in [-0.4, -0.2) is 37.9 Å². The second-order valence-corrected chi connectivity index (χ2v) is 4.82. The van der Waals surface area contributed by atoms with Gasteiger partial charge in [0, 0.05) is 23.7 Å². The van der Waals surface area contributed by atoms with Gasteiger partial charge in [-0.25, -0.2) is 0 Å². The van der Waals surface area contributed by atoms with Crippen molar-refractivity contribution in [3.05, 3.63) is 11.1 Å². The van der Waals surface area contributed by atoms with E-state index < -0.39 is 11.5 Å². The van der Waals surface area contributed by atoms with Gasteiger partial charge in [-0.1, -0.05) is 0 Å². The molecule has 0 bridgehead atoms. The minimum atomic E-state index is -0.626. The highest BCUT2D eigenvalue weighted by Crippen LogP contribution is 2.50. The standard InChI is InChI=1S/C12H15NO4/c14-9-7-4-6-2-1-3-13(6)5-8(7)10(15)12(17)11(9)16/h6,14-17H,1-5H2. The second kappa shape index (κ2) is 3.43. The lowest BCUT2D eigenvalue weighted by molar-refractivity contribution is 0.217. The number of hydrogen-bond acceptors (Lipinski definition) is 5. The van der Waals surface area contributed by atoms with Crippen LogP contribution in [0.2, 0.25) is 0 Å². The Morgan fingerprint density at radius 3 is 2.24 bits per heavy atom. The van der Waals surface area contributed by atoms with Crippen molar-refractivity contribution >= 4 is 0 Å². The van der Waals surface area contributed by atoms with Gasteiger partial charge < -0.3 is 20.4 Å². The maximum Gasteiger partial charge on any atom is 0.204 e. The maximum atomic E-state index is 9.83. The molecule has 4 N–H and O–H groups in total. The SMILES string of the molecule is Oc1c(O)c(O)c2c(c1O)CC1CCCN1C2. The zero-order valence-corrected chi connectivity index (χ0v) is 9.35. The molecule has 2 heterocycles. The van der Waals surface area contributed by atoms with Crippen LogP contribution in [0.1, 0.15) is 24.0 Å². The fraction of sp³-hybridized carbons (Fsp3) is 0.500. The van der Waals surface area contributed by atoms with Gasteiger partial charge in [0.1, 0.15) is 0 Å². The Morgan fingerprint density at radius 2 is 1.53 bits per heavy atom. The van der Waals surface area contributed by atoms with Crippen molar-refractivity contribution in [2.75, 3.05) is 6.54 Å². The monoisotopic (exact) mass is 237 g/mol. The summed E-state index contributed by atoms with van der Waals surface area (Å²) in [6, 6.07) is 0.372. The molecule has 0 radical (unpaired) electrons. The number of rotatable bonds is 0. The van der Waals surface area contributed by atoms with E-state index in [1.807, 2.05) is 0 Å². The Labute approximate surface area is 98.5 Å². The largest absolute Gasteiger partial charge is 0.504 e. The highest BCUT2D eigenvalue weighted by Gasteiger charge is 2.35. The fourth-order valence-corrected chi connectivity index (χ4v) is 2.96. The number of nitrogens with zero attached hydrogens (tertiary/aromatic N) is 1. The zero-order valence-electron chi connectivity index (χ0n) is 9.35. The lowest BCUT2D eigenvalue weighted by Crippen LogP contribution is -2.35. The molecule has 0 aromatic heterocycles. The molecule has 0 aliphatic carbocycles. The Kier molecular flexibility index (Phi) is 2.13. The quantitative estimate of drug-likeness (QED) is 0.400. The van der Waals surface area contributed by atoms with E-state index in [-0.39, 0.29) is 11.5 Å². The predicted octanol–water partition coefficient (Wildman–Crippen LogP) is 1.03. The zero-order chi connectivity index (χ0) is 12.2. The van der Waals surface area contributed by atoms with Crippen LogP contribution >= 0.6 is 0 Å². The molecular weight excluding hydrogens is 222 g/mol. The molecule has 1 aromatic rings. The fourth-order valence-electron chi connectivity index (χ4n) is 2.96. The van der Waals surface area contributed by atoms with Crippen molar-refractivity contribution in [3.63, 3.8) is 0 Å². The molecule has 1 atom stereocenters. The molecule has 0 saturated carbocycles. The van der Waals surface area contributed by atoms with Crippen LogP contribution in [0, 0.1) is 0 Å². The lowest BCUT2D eigenvalue weighted by Gasteiger charge is -2.32. The van der Waals surface area contributed by atoms with Gasteiger partial charge in [-0.15, -0.1) is 0 Å². The van der Waals surface area contributed by atoms with Gasteiger partial charge in [-0.2, -0.15) is 0 Å². The van der Waals surface area contributed by atoms with E-state index in [9.17, 15) is 20.4 Å². The molecule has 2 aliphatic rings. The van der Waals surface area contributed by atoms with Gasteiger partial charge >= 0.3 is 0 Å². The Morgan fingerprint density at radius 1 is 0.882 bits per heavy atom. The molecule has 1 saturated heterocycles. The van der Waals surface area contributed by atoms with Crippen molar-refractivity contribution in [1.82, 2.24) is 4.90 Å². The molecule has 3 rings (SSSR count). The van der Waals surface area contributed by atoms with E-state index in [0.717, 1.165) is 19.4 Å². The first kappa shape index (κ1) is 10.5. The van der Waals surface area contributed by atoms with Crippen LogP contribution in [-0.2, 0) is 13.0 Å². The summed E-state index contributed by atoms with van der Waals surface area (Å²) in [7, 11) is 0. The second-order valence-electron chi connectivity index (χ2n) is 4.82. The van der Waals surface area contributed by atoms with E-state index in [1.54, 1.807) is 0 Å². The third-order valence-electron chi connectivity index (χ3n) is 3.91. The molecule has 0 amide bonds. The predicted molar refractivity (Wildman–Crippen MR) is 60.2 cm³/mol. The molecule has 92 valence electrons. The van der Waals surface area contributed by atoms with Gasteiger partial charge in [0.15, 0.2) is 11.5 Å². The summed E-state index contributed by atoms with van der Waals surface area (Å²) in [6.45, 7) is 1.50. The van der Waals surface area contributed by atoms with Crippen LogP contribution in [0.15, 0.2) is 0 Å². The van der Waals surface area contributed by atoms with E-state index >= 15 is 0 Å². The summed E-state index contributed by atoms with van der Waals surface area (Å²) in [4.78, 5) is 2.23. The summed E-state index contributed by atoms with van der Waals surface area (Å²) < 4.78 is 0. The van der Waals surface area contributed by atoms with Crippen LogP contribution < -0.4 is 0 Å². The Balaban J connectivity index is 2.15. The van der Waals surface area contributed by atoms with E-state index in [1.165, 1.54) is 0 Å². The number of benzene rings is 1. The third kappa shape index (κ3) is 1.35. The van der Waals surface area contributed by atoms with Gasteiger partial charge in [-0.3, -0.25) is 4.90 Å². The lowest BCUT2D eigenvalue weighted by atomic mass is 9.92. The summed E-state index contributed by atoms with van der Waals surface area (Å²) in [5.74, 6) is -1.84. The van der Waals surface area contributed by atoms with Gasteiger partial charge in [0.25, 0.3) is 0 Å². The summed E-state index contributed by atoms with van der Waals surface area (Å²) in [6.07, 6.45) is 2.79. The van der Waals surface area contributed by atoms with E-state index in [2.05, 4.69) is 4.90 Å². The van der Waals surface area contributed by atoms with Gasteiger partial charge in [0.2, 0.25) is 11.5 Å². The molecular formula is C12H15NO4. The van der Waals surface area contributed by atoms with Crippen molar-refractivity contribution in [1.29, 1.82) is 0 Å². The van der Waals surface area contributed by atoms with Crippen LogP contribution in [0.25, 0.3) is 0 Å². The van der Waals surface area contributed by atoms with E-state index in [4.69, 9.17) is 0 Å². The molecule has 2 aliphatic heterocycles. The number of phenols is 4. The first-order chi connectivity index (χ1) is 8.09. The number of fused-ring (bicyclic) bond motifs is 2. The van der Waals surface area contributed by atoms with Crippen LogP contribution in [0.5, 0.6) is 23.0 Å². The normalized spacial score (nSPS) is 23.4. The molecule has 1 fully saturated rings. The number of aromatic hydroxyl groups is 4. The topological polar surface area (TPSA) is 84.2 Å². The van der Waals surface area contributed by atoms with Crippen molar-refractivity contribution in [2.24, 2.45) is 0 Å². The summed E-state index contributed by atoms with van der Waals surface area (Å²) in [5.41, 5.74) is 1.11. The summed E-state index contributed by atoms with van der Waals surface area (Å²) in [5, 5.41) is 38.7. The van der Waals surface area contributed by atoms with E-state index in [0.29, 0.717) is 30.1 Å². The Hall–Kier alpha value is -1.62. The van der Waals surface area contributed by atoms with Crippen molar-refractivity contribution in [2.45, 2.75) is 31.8 Å². The average molecular weight is 237 g/mol. The minimum absolute atomic E-state index is 0.290. The molecule has 5 heteroatoms. The number of hydrogen-bond donors (Lipinski definition) is 4. The molecule has 17 heavy (non-hydrogen) atoms. The maximum absolute atomic E-state index is 9.83. The van der Waals surface area contributed by atoms with Crippen LogP contribution in [0.4, 0.5) is 0 Å². The highest BCUT2D eigenvalue weighted by atomic mass is 16.3. The first-order valence-electron chi connectivity index (χ1n) is 5.81. The molecule has 1 aromatic carbocycles. The molecule has 0 spiro atoms. The average Bonchev–Trinajstić information content (AvgIpc) is 2.79. The highest BCUT2D eigenvalue weighted by molar-refractivity contribution is 5.65. The van der Waals surface area contributed by atoms with Gasteiger partial charge in [0.05, 0.1) is 0 Å². The van der Waals surface area contributed by atoms with Gasteiger partial charge in [-0.05, 0) is 25.8 Å². The van der Waals surface area contributed by atoms with Crippen molar-refractivity contribution in [3.8, 4) is 23.0 Å². The van der Waals surface area contributed by atoms with Crippen molar-refractivity contribution < 1.29 is 20.4 Å². The Bertz CT molecular complexity index is 443. The van der Waals surface area contributed by atoms with Crippen LogP contribution in [0.3, 0.4) is 0 Å². The smallest absolute Gasteiger partial charge is 0.204 e. The molecule has 1 unspecified atom stereocenters.